The number of carbonyl (C=O) groups excluding carboxylic acids is 1. The van der Waals surface area contributed by atoms with Gasteiger partial charge in [0, 0.05) is 6.07 Å². The van der Waals surface area contributed by atoms with Crippen molar-refractivity contribution < 1.29 is 22.5 Å². The van der Waals surface area contributed by atoms with E-state index in [2.05, 4.69) is 5.16 Å². The predicted molar refractivity (Wildman–Crippen MR) is 123 cm³/mol. The van der Waals surface area contributed by atoms with Crippen LogP contribution in [0.2, 0.25) is 0 Å². The number of rotatable bonds is 8. The van der Waals surface area contributed by atoms with Crippen LogP contribution in [-0.4, -0.2) is 19.5 Å². The molecule has 4 aromatic rings. The van der Waals surface area contributed by atoms with Crippen LogP contribution in [0.25, 0.3) is 0 Å². The van der Waals surface area contributed by atoms with Crippen LogP contribution in [0, 0.1) is 6.92 Å². The molecule has 0 amide bonds. The summed E-state index contributed by atoms with van der Waals surface area (Å²) in [6.45, 7) is 1.81. The Labute approximate surface area is 192 Å². The summed E-state index contributed by atoms with van der Waals surface area (Å²) >= 11 is 0. The Morgan fingerprint density at radius 1 is 0.939 bits per heavy atom. The lowest BCUT2D eigenvalue weighted by Crippen LogP contribution is -2.30. The van der Waals surface area contributed by atoms with E-state index in [-0.39, 0.29) is 23.6 Å². The molecule has 0 aliphatic heterocycles. The third kappa shape index (κ3) is 5.30. The maximum absolute atomic E-state index is 13.6. The first-order chi connectivity index (χ1) is 15.9. The number of nitrogens with zero attached hydrogens (tertiary/aromatic N) is 2. The average molecular weight is 463 g/mol. The molecule has 168 valence electrons. The van der Waals surface area contributed by atoms with E-state index in [1.54, 1.807) is 37.3 Å². The molecular formula is C25H22N2O5S. The maximum atomic E-state index is 13.6. The zero-order valence-electron chi connectivity index (χ0n) is 17.9. The molecule has 0 atom stereocenters. The lowest BCUT2D eigenvalue weighted by molar-refractivity contribution is 0.0464. The van der Waals surface area contributed by atoms with E-state index in [0.29, 0.717) is 17.1 Å². The Hall–Kier alpha value is -3.91. The minimum absolute atomic E-state index is 0.00554. The number of carbonyl (C=O) groups is 1. The lowest BCUT2D eigenvalue weighted by Gasteiger charge is -2.25. The highest BCUT2D eigenvalue weighted by molar-refractivity contribution is 7.92. The normalized spacial score (nSPS) is 11.2. The molecule has 0 bridgehead atoms. The van der Waals surface area contributed by atoms with E-state index in [1.807, 2.05) is 36.4 Å². The third-order valence-corrected chi connectivity index (χ3v) is 6.67. The molecule has 33 heavy (non-hydrogen) atoms. The summed E-state index contributed by atoms with van der Waals surface area (Å²) in [7, 11) is -3.97. The molecule has 7 nitrogen and oxygen atoms in total. The molecule has 1 heterocycles. The van der Waals surface area contributed by atoms with E-state index < -0.39 is 16.0 Å². The van der Waals surface area contributed by atoms with Gasteiger partial charge in [-0.15, -0.1) is 0 Å². The van der Waals surface area contributed by atoms with Crippen molar-refractivity contribution in [3.8, 4) is 0 Å². The highest BCUT2D eigenvalue weighted by Gasteiger charge is 2.26. The molecule has 0 N–H and O–H groups in total. The number of hydrogen-bond donors (Lipinski definition) is 0. The van der Waals surface area contributed by atoms with Crippen LogP contribution in [-0.2, 0) is 27.9 Å². The van der Waals surface area contributed by atoms with Gasteiger partial charge in [0.2, 0.25) is 0 Å². The van der Waals surface area contributed by atoms with Crippen molar-refractivity contribution in [1.82, 2.24) is 5.16 Å². The molecule has 1 aromatic heterocycles. The molecule has 0 aliphatic carbocycles. The summed E-state index contributed by atoms with van der Waals surface area (Å²) in [5.41, 5.74) is 1.96. The fourth-order valence-electron chi connectivity index (χ4n) is 3.28. The highest BCUT2D eigenvalue weighted by atomic mass is 32.2. The topological polar surface area (TPSA) is 89.7 Å². The van der Waals surface area contributed by atoms with Crippen molar-refractivity contribution in [2.45, 2.75) is 25.0 Å². The number of sulfonamides is 1. The van der Waals surface area contributed by atoms with Crippen molar-refractivity contribution >= 4 is 21.7 Å². The maximum Gasteiger partial charge on any atom is 0.338 e. The molecule has 0 aliphatic rings. The van der Waals surface area contributed by atoms with Gasteiger partial charge in [-0.1, -0.05) is 59.8 Å². The summed E-state index contributed by atoms with van der Waals surface area (Å²) in [6, 6.07) is 25.7. The van der Waals surface area contributed by atoms with Crippen molar-refractivity contribution in [2.75, 3.05) is 4.31 Å². The van der Waals surface area contributed by atoms with Gasteiger partial charge in [0.05, 0.1) is 22.7 Å². The molecule has 0 saturated carbocycles. The molecule has 8 heteroatoms. The quantitative estimate of drug-likeness (QED) is 0.352. The molecule has 3 aromatic carbocycles. The molecule has 0 saturated heterocycles. The number of esters is 1. The van der Waals surface area contributed by atoms with Crippen molar-refractivity contribution in [3.05, 3.63) is 114 Å². The monoisotopic (exact) mass is 462 g/mol. The molecule has 0 unspecified atom stereocenters. The smallest absolute Gasteiger partial charge is 0.338 e. The SMILES string of the molecule is Cc1cc(COC(=O)c2cccc(S(=O)(=O)N(Cc3ccccc3)c3ccccc3)c2)no1. The first-order valence-electron chi connectivity index (χ1n) is 10.2. The van der Waals surface area contributed by atoms with Crippen LogP contribution < -0.4 is 4.31 Å². The van der Waals surface area contributed by atoms with Gasteiger partial charge < -0.3 is 9.26 Å². The van der Waals surface area contributed by atoms with Gasteiger partial charge in [-0.3, -0.25) is 4.31 Å². The number of anilines is 1. The number of para-hydroxylation sites is 1. The van der Waals surface area contributed by atoms with Gasteiger partial charge in [-0.25, -0.2) is 13.2 Å². The Morgan fingerprint density at radius 2 is 1.64 bits per heavy atom. The zero-order chi connectivity index (χ0) is 23.3. The van der Waals surface area contributed by atoms with Gasteiger partial charge in [-0.05, 0) is 42.8 Å². The van der Waals surface area contributed by atoms with Crippen LogP contribution in [0.5, 0.6) is 0 Å². The van der Waals surface area contributed by atoms with E-state index in [9.17, 15) is 13.2 Å². The van der Waals surface area contributed by atoms with E-state index in [1.165, 1.54) is 28.6 Å². The fourth-order valence-corrected chi connectivity index (χ4v) is 4.78. The van der Waals surface area contributed by atoms with Crippen LogP contribution in [0.15, 0.2) is 100 Å². The summed E-state index contributed by atoms with van der Waals surface area (Å²) < 4.78 is 38.8. The largest absolute Gasteiger partial charge is 0.455 e. The Morgan fingerprint density at radius 3 is 2.30 bits per heavy atom. The second-order valence-corrected chi connectivity index (χ2v) is 9.23. The van der Waals surface area contributed by atoms with Crippen molar-refractivity contribution in [1.29, 1.82) is 0 Å². The molecule has 0 spiro atoms. The fraction of sp³-hybridized carbons (Fsp3) is 0.120. The highest BCUT2D eigenvalue weighted by Crippen LogP contribution is 2.26. The van der Waals surface area contributed by atoms with Crippen LogP contribution in [0.4, 0.5) is 5.69 Å². The minimum Gasteiger partial charge on any atom is -0.455 e. The first-order valence-corrected chi connectivity index (χ1v) is 11.7. The summed E-state index contributed by atoms with van der Waals surface area (Å²) in [5.74, 6) is -0.0458. The van der Waals surface area contributed by atoms with E-state index in [0.717, 1.165) is 5.56 Å². The zero-order valence-corrected chi connectivity index (χ0v) is 18.7. The number of benzene rings is 3. The second-order valence-electron chi connectivity index (χ2n) is 7.37. The second kappa shape index (κ2) is 9.70. The Bertz CT molecular complexity index is 1340. The lowest BCUT2D eigenvalue weighted by atomic mass is 10.2. The van der Waals surface area contributed by atoms with Gasteiger partial charge in [0.15, 0.2) is 0 Å². The van der Waals surface area contributed by atoms with E-state index in [4.69, 9.17) is 9.26 Å². The third-order valence-electron chi connectivity index (χ3n) is 4.90. The molecule has 0 radical (unpaired) electrons. The van der Waals surface area contributed by atoms with E-state index >= 15 is 0 Å². The minimum atomic E-state index is -3.97. The summed E-state index contributed by atoms with van der Waals surface area (Å²) in [5, 5.41) is 3.78. The first kappa shape index (κ1) is 22.3. The standard InChI is InChI=1S/C25H22N2O5S/c1-19-15-22(26-32-19)18-31-25(28)21-11-8-14-24(16-21)33(29,30)27(23-12-6-3-7-13-23)17-20-9-4-2-5-10-20/h2-16H,17-18H2,1H3. The van der Waals surface area contributed by atoms with Crippen LogP contribution >= 0.6 is 0 Å². The van der Waals surface area contributed by atoms with Gasteiger partial charge >= 0.3 is 5.97 Å². The predicted octanol–water partition coefficient (Wildman–Crippen LogP) is 4.74. The molecular weight excluding hydrogens is 440 g/mol. The Kier molecular flexibility index (Phi) is 6.55. The van der Waals surface area contributed by atoms with Gasteiger partial charge in [-0.2, -0.15) is 0 Å². The summed E-state index contributed by atoms with van der Waals surface area (Å²) in [6.07, 6.45) is 0. The van der Waals surface area contributed by atoms with Crippen molar-refractivity contribution in [3.63, 3.8) is 0 Å². The average Bonchev–Trinajstić information content (AvgIpc) is 3.27. The van der Waals surface area contributed by atoms with Gasteiger partial charge in [0.25, 0.3) is 10.0 Å². The summed E-state index contributed by atoms with van der Waals surface area (Å²) in [4.78, 5) is 12.5. The van der Waals surface area contributed by atoms with Crippen molar-refractivity contribution in [2.24, 2.45) is 0 Å². The van der Waals surface area contributed by atoms with Gasteiger partial charge in [0.1, 0.15) is 18.1 Å². The number of aryl methyl sites for hydroxylation is 1. The number of aromatic nitrogens is 1. The number of ether oxygens (including phenoxy) is 1. The Balaban J connectivity index is 1.61. The molecule has 0 fully saturated rings. The molecule has 4 rings (SSSR count). The van der Waals surface area contributed by atoms with Crippen LogP contribution in [0.3, 0.4) is 0 Å². The van der Waals surface area contributed by atoms with Crippen LogP contribution in [0.1, 0.15) is 27.4 Å². The number of hydrogen-bond acceptors (Lipinski definition) is 6.